The molecule has 1 aliphatic rings. The van der Waals surface area contributed by atoms with Crippen molar-refractivity contribution < 1.29 is 23.1 Å². The van der Waals surface area contributed by atoms with Crippen LogP contribution in [-0.2, 0) is 14.8 Å². The minimum Gasteiger partial charge on any atom is -0.444 e. The van der Waals surface area contributed by atoms with Crippen LogP contribution in [0.15, 0.2) is 48.1 Å². The van der Waals surface area contributed by atoms with E-state index in [-0.39, 0.29) is 24.5 Å². The van der Waals surface area contributed by atoms with Gasteiger partial charge < -0.3 is 20.1 Å². The second-order valence-corrected chi connectivity index (χ2v) is 10.5. The first-order chi connectivity index (χ1) is 15.5. The van der Waals surface area contributed by atoms with Crippen LogP contribution in [0.5, 0.6) is 0 Å². The third-order valence-electron chi connectivity index (χ3n) is 4.92. The average Bonchev–Trinajstić information content (AvgIpc) is 2.78. The number of carbonyl (C=O) groups excluding carboxylic acids is 1. The number of aromatic nitrogens is 2. The van der Waals surface area contributed by atoms with Crippen molar-refractivity contribution in [3.05, 3.63) is 48.8 Å². The SMILES string of the molecule is C=Cc1cnc(Nc2ccc(S(=O)(=O)N3CCN(C(=O)OC(C)(C)C)CC3CO)cc2)nc1. The van der Waals surface area contributed by atoms with Crippen LogP contribution in [0.4, 0.5) is 16.4 Å². The maximum atomic E-state index is 13.2. The Morgan fingerprint density at radius 2 is 1.88 bits per heavy atom. The molecule has 178 valence electrons. The summed E-state index contributed by atoms with van der Waals surface area (Å²) in [6.45, 7) is 8.78. The molecule has 2 aromatic rings. The Morgan fingerprint density at radius 3 is 2.42 bits per heavy atom. The number of carbonyl (C=O) groups is 1. The molecule has 0 bridgehead atoms. The molecule has 33 heavy (non-hydrogen) atoms. The highest BCUT2D eigenvalue weighted by atomic mass is 32.2. The zero-order valence-corrected chi connectivity index (χ0v) is 19.7. The number of nitrogens with zero attached hydrogens (tertiary/aromatic N) is 4. The molecule has 0 aliphatic carbocycles. The van der Waals surface area contributed by atoms with E-state index in [4.69, 9.17) is 4.74 Å². The molecular weight excluding hydrogens is 446 g/mol. The molecule has 2 heterocycles. The number of hydrogen-bond acceptors (Lipinski definition) is 8. The Bertz CT molecular complexity index is 1080. The van der Waals surface area contributed by atoms with Gasteiger partial charge in [0.25, 0.3) is 0 Å². The minimum atomic E-state index is -3.88. The largest absolute Gasteiger partial charge is 0.444 e. The molecule has 0 radical (unpaired) electrons. The average molecular weight is 476 g/mol. The van der Waals surface area contributed by atoms with Gasteiger partial charge in [-0.3, -0.25) is 0 Å². The number of amides is 1. The molecule has 0 saturated carbocycles. The number of piperazine rings is 1. The quantitative estimate of drug-likeness (QED) is 0.653. The smallest absolute Gasteiger partial charge is 0.410 e. The molecule has 1 aromatic heterocycles. The number of hydrogen-bond donors (Lipinski definition) is 2. The predicted molar refractivity (Wildman–Crippen MR) is 124 cm³/mol. The fraction of sp³-hybridized carbons (Fsp3) is 0.409. The van der Waals surface area contributed by atoms with Crippen LogP contribution in [0, 0.1) is 0 Å². The van der Waals surface area contributed by atoms with E-state index in [1.165, 1.54) is 21.3 Å². The number of benzene rings is 1. The van der Waals surface area contributed by atoms with Gasteiger partial charge in [-0.1, -0.05) is 12.7 Å². The molecule has 1 atom stereocenters. The number of anilines is 2. The zero-order valence-electron chi connectivity index (χ0n) is 18.9. The van der Waals surface area contributed by atoms with Gasteiger partial charge in [-0.15, -0.1) is 0 Å². The van der Waals surface area contributed by atoms with E-state index in [0.717, 1.165) is 5.56 Å². The summed E-state index contributed by atoms with van der Waals surface area (Å²) in [4.78, 5) is 22.2. The lowest BCUT2D eigenvalue weighted by Crippen LogP contribution is -2.58. The molecule has 1 amide bonds. The molecule has 2 N–H and O–H groups in total. The van der Waals surface area contributed by atoms with Gasteiger partial charge in [0.1, 0.15) is 5.60 Å². The van der Waals surface area contributed by atoms with Crippen LogP contribution >= 0.6 is 0 Å². The second kappa shape index (κ2) is 9.86. The molecule has 3 rings (SSSR count). The lowest BCUT2D eigenvalue weighted by atomic mass is 10.2. The van der Waals surface area contributed by atoms with E-state index < -0.39 is 34.4 Å². The molecule has 1 aliphatic heterocycles. The van der Waals surface area contributed by atoms with E-state index in [1.54, 1.807) is 51.4 Å². The molecule has 1 saturated heterocycles. The summed E-state index contributed by atoms with van der Waals surface area (Å²) >= 11 is 0. The van der Waals surface area contributed by atoms with Crippen LogP contribution in [0.1, 0.15) is 26.3 Å². The van der Waals surface area contributed by atoms with Crippen molar-refractivity contribution in [2.75, 3.05) is 31.6 Å². The van der Waals surface area contributed by atoms with Crippen molar-refractivity contribution in [3.63, 3.8) is 0 Å². The van der Waals surface area contributed by atoms with Gasteiger partial charge in [0.2, 0.25) is 16.0 Å². The van der Waals surface area contributed by atoms with Crippen LogP contribution in [0.25, 0.3) is 6.08 Å². The highest BCUT2D eigenvalue weighted by Gasteiger charge is 2.38. The highest BCUT2D eigenvalue weighted by molar-refractivity contribution is 7.89. The molecule has 10 nitrogen and oxygen atoms in total. The minimum absolute atomic E-state index is 0.0440. The summed E-state index contributed by atoms with van der Waals surface area (Å²) in [5.74, 6) is 0.370. The van der Waals surface area contributed by atoms with E-state index >= 15 is 0 Å². The lowest BCUT2D eigenvalue weighted by molar-refractivity contribution is 0.00882. The standard InChI is InChI=1S/C22H29N5O5S/c1-5-16-12-23-20(24-13-16)25-17-6-8-19(9-7-17)33(30,31)27-11-10-26(14-18(27)15-28)21(29)32-22(2,3)4/h5-9,12-13,18,28H,1,10-11,14-15H2,2-4H3,(H,23,24,25). The molecule has 1 aromatic carbocycles. The van der Waals surface area contributed by atoms with Crippen LogP contribution in [0.3, 0.4) is 0 Å². The maximum Gasteiger partial charge on any atom is 0.410 e. The first kappa shape index (κ1) is 24.6. The van der Waals surface area contributed by atoms with Crippen molar-refractivity contribution in [1.82, 2.24) is 19.2 Å². The molecule has 11 heteroatoms. The fourth-order valence-electron chi connectivity index (χ4n) is 3.28. The number of aliphatic hydroxyl groups excluding tert-OH is 1. The second-order valence-electron chi connectivity index (χ2n) is 8.57. The topological polar surface area (TPSA) is 125 Å². The summed E-state index contributed by atoms with van der Waals surface area (Å²) in [6, 6.07) is 5.41. The number of sulfonamides is 1. The van der Waals surface area contributed by atoms with E-state index in [9.17, 15) is 18.3 Å². The number of rotatable bonds is 6. The molecule has 0 spiro atoms. The Morgan fingerprint density at radius 1 is 1.24 bits per heavy atom. The van der Waals surface area contributed by atoms with Gasteiger partial charge in [0.05, 0.1) is 17.5 Å². The van der Waals surface area contributed by atoms with Crippen LogP contribution in [-0.4, -0.2) is 76.7 Å². The third kappa shape index (κ3) is 6.06. The Labute approximate surface area is 194 Å². The van der Waals surface area contributed by atoms with Crippen molar-refractivity contribution in [2.24, 2.45) is 0 Å². The van der Waals surface area contributed by atoms with Crippen molar-refractivity contribution in [2.45, 2.75) is 37.3 Å². The summed E-state index contributed by atoms with van der Waals surface area (Å²) in [6.07, 6.45) is 4.34. The third-order valence-corrected chi connectivity index (χ3v) is 6.88. The predicted octanol–water partition coefficient (Wildman–Crippen LogP) is 2.47. The lowest BCUT2D eigenvalue weighted by Gasteiger charge is -2.40. The molecule has 1 fully saturated rings. The van der Waals surface area contributed by atoms with Crippen molar-refractivity contribution in [3.8, 4) is 0 Å². The normalized spacial score (nSPS) is 17.5. The Balaban J connectivity index is 1.70. The Hall–Kier alpha value is -3.02. The maximum absolute atomic E-state index is 13.2. The first-order valence-corrected chi connectivity index (χ1v) is 11.9. The van der Waals surface area contributed by atoms with Gasteiger partial charge in [-0.05, 0) is 45.0 Å². The van der Waals surface area contributed by atoms with Gasteiger partial charge in [0, 0.05) is 43.3 Å². The summed E-state index contributed by atoms with van der Waals surface area (Å²) in [7, 11) is -3.88. The van der Waals surface area contributed by atoms with E-state index in [2.05, 4.69) is 21.9 Å². The monoisotopic (exact) mass is 475 g/mol. The van der Waals surface area contributed by atoms with Crippen LogP contribution in [0.2, 0.25) is 0 Å². The van der Waals surface area contributed by atoms with Gasteiger partial charge in [-0.2, -0.15) is 4.31 Å². The van der Waals surface area contributed by atoms with Crippen molar-refractivity contribution in [1.29, 1.82) is 0 Å². The highest BCUT2D eigenvalue weighted by Crippen LogP contribution is 2.24. The number of aliphatic hydroxyl groups is 1. The molecule has 1 unspecified atom stereocenters. The molecular formula is C22H29N5O5S. The summed E-state index contributed by atoms with van der Waals surface area (Å²) in [5.41, 5.74) is 0.740. The fourth-order valence-corrected chi connectivity index (χ4v) is 4.88. The van der Waals surface area contributed by atoms with E-state index in [0.29, 0.717) is 11.6 Å². The Kier molecular flexibility index (Phi) is 7.35. The van der Waals surface area contributed by atoms with Crippen LogP contribution < -0.4 is 5.32 Å². The summed E-state index contributed by atoms with van der Waals surface area (Å²) < 4.78 is 33.1. The number of nitrogens with one attached hydrogen (secondary N) is 1. The van der Waals surface area contributed by atoms with Gasteiger partial charge in [-0.25, -0.2) is 23.2 Å². The zero-order chi connectivity index (χ0) is 24.2. The number of ether oxygens (including phenoxy) is 1. The van der Waals surface area contributed by atoms with Crippen molar-refractivity contribution >= 4 is 33.8 Å². The summed E-state index contributed by atoms with van der Waals surface area (Å²) in [5, 5.41) is 12.8. The van der Waals surface area contributed by atoms with Gasteiger partial charge >= 0.3 is 6.09 Å². The van der Waals surface area contributed by atoms with E-state index in [1.807, 2.05) is 0 Å². The van der Waals surface area contributed by atoms with Gasteiger partial charge in [0.15, 0.2) is 0 Å². The first-order valence-electron chi connectivity index (χ1n) is 10.5.